The largest absolute Gasteiger partial charge is 0.368 e. The lowest BCUT2D eigenvalue weighted by Gasteiger charge is -2.14. The van der Waals surface area contributed by atoms with Crippen molar-refractivity contribution >= 4 is 22.6 Å². The molecule has 0 radical (unpaired) electrons. The Labute approximate surface area is 139 Å². The van der Waals surface area contributed by atoms with E-state index < -0.39 is 0 Å². The summed E-state index contributed by atoms with van der Waals surface area (Å²) in [6, 6.07) is 11.3. The number of nitrogens with zero attached hydrogens (tertiary/aromatic N) is 2. The van der Waals surface area contributed by atoms with Crippen LogP contribution in [0.15, 0.2) is 42.6 Å². The van der Waals surface area contributed by atoms with Crippen molar-refractivity contribution in [2.24, 2.45) is 5.92 Å². The fraction of sp³-hybridized carbons (Fsp3) is 0.278. The third-order valence-electron chi connectivity index (χ3n) is 4.30. The van der Waals surface area contributed by atoms with Crippen molar-refractivity contribution < 1.29 is 9.53 Å². The maximum absolute atomic E-state index is 12.3. The van der Waals surface area contributed by atoms with Crippen molar-refractivity contribution in [3.05, 3.63) is 42.6 Å². The number of fused-ring (bicyclic) bond motifs is 1. The van der Waals surface area contributed by atoms with E-state index in [1.807, 2.05) is 43.3 Å². The number of carbonyl (C=O) groups excluding carboxylic acids is 1. The zero-order valence-corrected chi connectivity index (χ0v) is 13.3. The number of rotatable bonds is 3. The molecule has 0 saturated carbocycles. The van der Waals surface area contributed by atoms with Gasteiger partial charge in [0.05, 0.1) is 11.0 Å². The number of carbonyl (C=O) groups is 1. The van der Waals surface area contributed by atoms with Gasteiger partial charge in [0.15, 0.2) is 5.82 Å². The van der Waals surface area contributed by atoms with E-state index in [4.69, 9.17) is 4.74 Å². The summed E-state index contributed by atoms with van der Waals surface area (Å²) >= 11 is 0. The zero-order chi connectivity index (χ0) is 16.5. The van der Waals surface area contributed by atoms with Gasteiger partial charge in [-0.3, -0.25) is 9.78 Å². The molecule has 2 aromatic heterocycles. The Kier molecular flexibility index (Phi) is 3.74. The minimum absolute atomic E-state index is 0.0937. The van der Waals surface area contributed by atoms with Gasteiger partial charge in [-0.05, 0) is 42.7 Å². The molecule has 2 N–H and O–H groups in total. The second-order valence-corrected chi connectivity index (χ2v) is 6.08. The molecule has 1 aromatic carbocycles. The zero-order valence-electron chi connectivity index (χ0n) is 13.3. The maximum Gasteiger partial charge on any atom is 0.253 e. The molecule has 1 aliphatic rings. The number of H-pyrrole nitrogens is 1. The lowest BCUT2D eigenvalue weighted by molar-refractivity contribution is -0.126. The van der Waals surface area contributed by atoms with Gasteiger partial charge >= 0.3 is 0 Å². The first-order chi connectivity index (χ1) is 11.7. The van der Waals surface area contributed by atoms with Crippen LogP contribution in [-0.4, -0.2) is 33.6 Å². The molecule has 2 atom stereocenters. The molecule has 1 amide bonds. The Morgan fingerprint density at radius 2 is 2.25 bits per heavy atom. The van der Waals surface area contributed by atoms with Crippen LogP contribution in [0, 0.1) is 5.92 Å². The molecule has 1 aliphatic heterocycles. The lowest BCUT2D eigenvalue weighted by atomic mass is 10.0. The van der Waals surface area contributed by atoms with E-state index in [2.05, 4.69) is 20.3 Å². The van der Waals surface area contributed by atoms with E-state index in [1.54, 1.807) is 6.20 Å². The van der Waals surface area contributed by atoms with Crippen LogP contribution in [0.2, 0.25) is 0 Å². The standard InChI is InChI=1S/C18H18N4O2/c1-11-7-9-24-16(11)18(23)20-12-5-6-13-15(10-12)22-17(21-13)14-4-2-3-8-19-14/h2-6,8,10-11,16H,7,9H2,1H3,(H,20,23)(H,21,22). The molecule has 24 heavy (non-hydrogen) atoms. The van der Waals surface area contributed by atoms with Gasteiger partial charge in [-0.15, -0.1) is 0 Å². The normalized spacial score (nSPS) is 20.4. The van der Waals surface area contributed by atoms with Crippen LogP contribution in [0.25, 0.3) is 22.6 Å². The highest BCUT2D eigenvalue weighted by atomic mass is 16.5. The number of anilines is 1. The van der Waals surface area contributed by atoms with Crippen molar-refractivity contribution in [2.45, 2.75) is 19.4 Å². The lowest BCUT2D eigenvalue weighted by Crippen LogP contribution is -2.31. The number of amides is 1. The predicted molar refractivity (Wildman–Crippen MR) is 91.5 cm³/mol. The van der Waals surface area contributed by atoms with Gasteiger partial charge in [0, 0.05) is 18.5 Å². The fourth-order valence-corrected chi connectivity index (χ4v) is 2.96. The summed E-state index contributed by atoms with van der Waals surface area (Å²) in [5, 5.41) is 2.93. The molecule has 1 fully saturated rings. The summed E-state index contributed by atoms with van der Waals surface area (Å²) in [6.07, 6.45) is 2.29. The van der Waals surface area contributed by atoms with Crippen LogP contribution in [-0.2, 0) is 9.53 Å². The van der Waals surface area contributed by atoms with Crippen LogP contribution in [0.1, 0.15) is 13.3 Å². The number of imidazole rings is 1. The molecule has 0 aliphatic carbocycles. The third-order valence-corrected chi connectivity index (χ3v) is 4.30. The highest BCUT2D eigenvalue weighted by Gasteiger charge is 2.30. The van der Waals surface area contributed by atoms with E-state index in [9.17, 15) is 4.79 Å². The number of pyridine rings is 1. The summed E-state index contributed by atoms with van der Waals surface area (Å²) in [5.74, 6) is 0.863. The number of aromatic nitrogens is 3. The Morgan fingerprint density at radius 1 is 1.33 bits per heavy atom. The summed E-state index contributed by atoms with van der Waals surface area (Å²) < 4.78 is 5.51. The van der Waals surface area contributed by atoms with Crippen molar-refractivity contribution in [3.8, 4) is 11.5 Å². The molecular weight excluding hydrogens is 304 g/mol. The van der Waals surface area contributed by atoms with Crippen LogP contribution in [0.3, 0.4) is 0 Å². The van der Waals surface area contributed by atoms with Gasteiger partial charge in [-0.1, -0.05) is 13.0 Å². The number of hydrogen-bond donors (Lipinski definition) is 2. The molecule has 3 heterocycles. The average molecular weight is 322 g/mol. The van der Waals surface area contributed by atoms with E-state index >= 15 is 0 Å². The van der Waals surface area contributed by atoms with Crippen LogP contribution in [0.4, 0.5) is 5.69 Å². The molecule has 6 nitrogen and oxygen atoms in total. The van der Waals surface area contributed by atoms with Gasteiger partial charge in [0.1, 0.15) is 11.8 Å². The number of hydrogen-bond acceptors (Lipinski definition) is 4. The summed E-state index contributed by atoms with van der Waals surface area (Å²) in [4.78, 5) is 24.4. The first-order valence-corrected chi connectivity index (χ1v) is 8.04. The quantitative estimate of drug-likeness (QED) is 0.777. The maximum atomic E-state index is 12.3. The molecule has 2 unspecified atom stereocenters. The SMILES string of the molecule is CC1CCOC1C(=O)Nc1ccc2nc(-c3ccccn3)[nH]c2c1. The van der Waals surface area contributed by atoms with Crippen LogP contribution < -0.4 is 5.32 Å². The van der Waals surface area contributed by atoms with Gasteiger partial charge < -0.3 is 15.0 Å². The molecule has 0 bridgehead atoms. The number of nitrogens with one attached hydrogen (secondary N) is 2. The van der Waals surface area contributed by atoms with Gasteiger partial charge in [0.25, 0.3) is 5.91 Å². The van der Waals surface area contributed by atoms with Gasteiger partial charge in [-0.25, -0.2) is 4.98 Å². The minimum Gasteiger partial charge on any atom is -0.368 e. The van der Waals surface area contributed by atoms with Crippen LogP contribution >= 0.6 is 0 Å². The molecule has 6 heteroatoms. The van der Waals surface area contributed by atoms with E-state index in [0.717, 1.165) is 28.8 Å². The van der Waals surface area contributed by atoms with E-state index in [-0.39, 0.29) is 17.9 Å². The molecule has 4 rings (SSSR count). The third kappa shape index (κ3) is 2.76. The molecule has 1 saturated heterocycles. The topological polar surface area (TPSA) is 79.9 Å². The van der Waals surface area contributed by atoms with Crippen molar-refractivity contribution in [3.63, 3.8) is 0 Å². The van der Waals surface area contributed by atoms with E-state index in [1.165, 1.54) is 0 Å². The Morgan fingerprint density at radius 3 is 3.00 bits per heavy atom. The molecular formula is C18H18N4O2. The van der Waals surface area contributed by atoms with Crippen molar-refractivity contribution in [1.82, 2.24) is 15.0 Å². The molecule has 3 aromatic rings. The first-order valence-electron chi connectivity index (χ1n) is 8.04. The van der Waals surface area contributed by atoms with Crippen LogP contribution in [0.5, 0.6) is 0 Å². The Bertz CT molecular complexity index is 875. The van der Waals surface area contributed by atoms with Crippen molar-refractivity contribution in [1.29, 1.82) is 0 Å². The predicted octanol–water partition coefficient (Wildman–Crippen LogP) is 2.99. The fourth-order valence-electron chi connectivity index (χ4n) is 2.96. The average Bonchev–Trinajstić information content (AvgIpc) is 3.21. The summed E-state index contributed by atoms with van der Waals surface area (Å²) in [7, 11) is 0. The second-order valence-electron chi connectivity index (χ2n) is 6.08. The minimum atomic E-state index is -0.369. The molecule has 0 spiro atoms. The highest BCUT2D eigenvalue weighted by molar-refractivity contribution is 5.96. The molecule has 122 valence electrons. The number of aromatic amines is 1. The summed E-state index contributed by atoms with van der Waals surface area (Å²) in [6.45, 7) is 2.68. The monoisotopic (exact) mass is 322 g/mol. The van der Waals surface area contributed by atoms with Crippen molar-refractivity contribution in [2.75, 3.05) is 11.9 Å². The van der Waals surface area contributed by atoms with Gasteiger partial charge in [-0.2, -0.15) is 0 Å². The number of benzene rings is 1. The summed E-state index contributed by atoms with van der Waals surface area (Å²) in [5.41, 5.74) is 3.20. The Hall–Kier alpha value is -2.73. The Balaban J connectivity index is 1.58. The van der Waals surface area contributed by atoms with E-state index in [0.29, 0.717) is 12.4 Å². The first kappa shape index (κ1) is 14.8. The number of ether oxygens (including phenoxy) is 1. The second kappa shape index (κ2) is 6.05. The van der Waals surface area contributed by atoms with Gasteiger partial charge in [0.2, 0.25) is 0 Å². The smallest absolute Gasteiger partial charge is 0.253 e. The highest BCUT2D eigenvalue weighted by Crippen LogP contribution is 2.24.